The Labute approximate surface area is 192 Å². The second kappa shape index (κ2) is 9.05. The summed E-state index contributed by atoms with van der Waals surface area (Å²) in [6.45, 7) is 6.96. The van der Waals surface area contributed by atoms with Crippen LogP contribution in [0.1, 0.15) is 49.0 Å². The van der Waals surface area contributed by atoms with Crippen molar-refractivity contribution in [3.05, 3.63) is 66.5 Å². The lowest BCUT2D eigenvalue weighted by Crippen LogP contribution is -2.49. The monoisotopic (exact) mass is 444 g/mol. The van der Waals surface area contributed by atoms with E-state index in [1.165, 1.54) is 6.26 Å². The van der Waals surface area contributed by atoms with Gasteiger partial charge < -0.3 is 14.2 Å². The zero-order valence-corrected chi connectivity index (χ0v) is 19.0. The summed E-state index contributed by atoms with van der Waals surface area (Å²) in [5.74, 6) is 2.30. The third-order valence-electron chi connectivity index (χ3n) is 6.19. The van der Waals surface area contributed by atoms with Gasteiger partial charge in [0.25, 0.3) is 5.91 Å². The molecule has 4 heterocycles. The Morgan fingerprint density at radius 2 is 1.85 bits per heavy atom. The fourth-order valence-electron chi connectivity index (χ4n) is 4.37. The van der Waals surface area contributed by atoms with E-state index < -0.39 is 0 Å². The van der Waals surface area contributed by atoms with E-state index in [0.717, 1.165) is 41.2 Å². The Kier molecular flexibility index (Phi) is 5.81. The normalized spacial score (nSPS) is 15.2. The molecule has 1 aromatic carbocycles. The van der Waals surface area contributed by atoms with Crippen LogP contribution in [-0.4, -0.2) is 56.7 Å². The third-order valence-corrected chi connectivity index (χ3v) is 6.19. The van der Waals surface area contributed by atoms with Crippen LogP contribution in [0.4, 0.5) is 5.82 Å². The first-order valence-electron chi connectivity index (χ1n) is 11.5. The van der Waals surface area contributed by atoms with E-state index in [1.807, 2.05) is 46.1 Å². The number of hydrogen-bond donors (Lipinski definition) is 0. The van der Waals surface area contributed by atoms with Crippen LogP contribution in [-0.2, 0) is 0 Å². The molecular weight excluding hydrogens is 416 g/mol. The molecule has 170 valence electrons. The molecule has 3 aromatic heterocycles. The lowest BCUT2D eigenvalue weighted by atomic mass is 10.1. The van der Waals surface area contributed by atoms with Crippen LogP contribution in [0.25, 0.3) is 16.7 Å². The van der Waals surface area contributed by atoms with E-state index in [4.69, 9.17) is 14.4 Å². The number of carbonyl (C=O) groups excluding carboxylic acids is 1. The molecule has 8 nitrogen and oxygen atoms in total. The largest absolute Gasteiger partial charge is 0.459 e. The topological polar surface area (TPSA) is 80.3 Å². The molecule has 4 aromatic rings. The molecule has 1 aliphatic rings. The summed E-state index contributed by atoms with van der Waals surface area (Å²) in [6.07, 6.45) is 5.48. The third kappa shape index (κ3) is 4.08. The number of piperazine rings is 1. The minimum atomic E-state index is -0.0679. The van der Waals surface area contributed by atoms with Crippen LogP contribution in [0.2, 0.25) is 0 Å². The van der Waals surface area contributed by atoms with Crippen LogP contribution in [0.5, 0.6) is 0 Å². The zero-order chi connectivity index (χ0) is 22.8. The Morgan fingerprint density at radius 1 is 1.06 bits per heavy atom. The second-order valence-electron chi connectivity index (χ2n) is 8.48. The molecule has 1 atom stereocenters. The number of hydrogen-bond acceptors (Lipinski definition) is 6. The van der Waals surface area contributed by atoms with Crippen molar-refractivity contribution in [1.82, 2.24) is 24.6 Å². The highest BCUT2D eigenvalue weighted by molar-refractivity contribution is 5.92. The number of amides is 1. The molecule has 33 heavy (non-hydrogen) atoms. The molecule has 0 spiro atoms. The highest BCUT2D eigenvalue weighted by Gasteiger charge is 2.27. The first-order chi connectivity index (χ1) is 16.2. The van der Waals surface area contributed by atoms with Crippen molar-refractivity contribution < 1.29 is 9.21 Å². The molecule has 0 unspecified atom stereocenters. The number of nitrogens with zero attached hydrogens (tertiary/aromatic N) is 6. The molecule has 0 radical (unpaired) electrons. The molecule has 0 aliphatic carbocycles. The summed E-state index contributed by atoms with van der Waals surface area (Å²) >= 11 is 0. The van der Waals surface area contributed by atoms with Gasteiger partial charge in [-0.2, -0.15) is 5.10 Å². The fraction of sp³-hybridized carbons (Fsp3) is 0.360. The summed E-state index contributed by atoms with van der Waals surface area (Å²) in [7, 11) is 0. The zero-order valence-electron chi connectivity index (χ0n) is 19.0. The minimum Gasteiger partial charge on any atom is -0.459 e. The number of rotatable bonds is 6. The van der Waals surface area contributed by atoms with E-state index >= 15 is 0 Å². The van der Waals surface area contributed by atoms with Crippen molar-refractivity contribution in [2.45, 2.75) is 32.6 Å². The maximum absolute atomic E-state index is 12.7. The average Bonchev–Trinajstić information content (AvgIpc) is 3.54. The number of benzene rings is 1. The Balaban J connectivity index is 1.48. The molecule has 5 rings (SSSR count). The van der Waals surface area contributed by atoms with E-state index in [2.05, 4.69) is 23.8 Å². The van der Waals surface area contributed by atoms with Gasteiger partial charge >= 0.3 is 0 Å². The smallest absolute Gasteiger partial charge is 0.289 e. The highest BCUT2D eigenvalue weighted by atomic mass is 16.3. The van der Waals surface area contributed by atoms with E-state index in [1.54, 1.807) is 12.1 Å². The van der Waals surface area contributed by atoms with Crippen LogP contribution < -0.4 is 4.90 Å². The summed E-state index contributed by atoms with van der Waals surface area (Å²) in [5, 5.41) is 5.58. The van der Waals surface area contributed by atoms with Gasteiger partial charge in [-0.05, 0) is 30.7 Å². The number of anilines is 1. The molecule has 8 heteroatoms. The van der Waals surface area contributed by atoms with Crippen molar-refractivity contribution >= 4 is 22.8 Å². The molecular formula is C25H28N6O2. The molecule has 1 amide bonds. The summed E-state index contributed by atoms with van der Waals surface area (Å²) in [5.41, 5.74) is 1.79. The van der Waals surface area contributed by atoms with Gasteiger partial charge in [0, 0.05) is 32.1 Å². The maximum Gasteiger partial charge on any atom is 0.289 e. The second-order valence-corrected chi connectivity index (χ2v) is 8.48. The predicted molar refractivity (Wildman–Crippen MR) is 127 cm³/mol. The molecule has 0 N–H and O–H groups in total. The van der Waals surface area contributed by atoms with Crippen molar-refractivity contribution in [2.75, 3.05) is 31.1 Å². The number of carbonyl (C=O) groups is 1. The van der Waals surface area contributed by atoms with Gasteiger partial charge in [0.2, 0.25) is 0 Å². The molecule has 0 saturated carbocycles. The molecule has 0 bridgehead atoms. The standard InChI is InChI=1S/C25H28N6O2/c1-3-8-18(2)22-27-23(20-17-26-31(24(20)28-22)19-9-5-4-6-10-19)29-12-14-30(15-13-29)25(32)21-11-7-16-33-21/h4-7,9-11,16-18H,3,8,12-15H2,1-2H3/t18-/m0/s1. The van der Waals surface area contributed by atoms with Crippen molar-refractivity contribution in [1.29, 1.82) is 0 Å². The van der Waals surface area contributed by atoms with Gasteiger partial charge in [-0.25, -0.2) is 14.6 Å². The van der Waals surface area contributed by atoms with Gasteiger partial charge in [-0.3, -0.25) is 4.79 Å². The predicted octanol–water partition coefficient (Wildman–Crippen LogP) is 4.27. The number of furan rings is 1. The fourth-order valence-corrected chi connectivity index (χ4v) is 4.37. The quantitative estimate of drug-likeness (QED) is 0.442. The highest BCUT2D eigenvalue weighted by Crippen LogP contribution is 2.29. The Morgan fingerprint density at radius 3 is 2.55 bits per heavy atom. The maximum atomic E-state index is 12.7. The summed E-state index contributed by atoms with van der Waals surface area (Å²) in [6, 6.07) is 13.5. The molecule has 1 aliphatic heterocycles. The summed E-state index contributed by atoms with van der Waals surface area (Å²) < 4.78 is 7.18. The molecule has 1 fully saturated rings. The van der Waals surface area contributed by atoms with E-state index in [0.29, 0.717) is 31.9 Å². The van der Waals surface area contributed by atoms with Gasteiger partial charge in [0.15, 0.2) is 11.4 Å². The van der Waals surface area contributed by atoms with Crippen molar-refractivity contribution in [3.8, 4) is 5.69 Å². The van der Waals surface area contributed by atoms with Gasteiger partial charge in [0.05, 0.1) is 23.5 Å². The van der Waals surface area contributed by atoms with Crippen LogP contribution >= 0.6 is 0 Å². The van der Waals surface area contributed by atoms with Crippen molar-refractivity contribution in [2.24, 2.45) is 0 Å². The Bertz CT molecular complexity index is 1230. The van der Waals surface area contributed by atoms with Crippen LogP contribution in [0.3, 0.4) is 0 Å². The van der Waals surface area contributed by atoms with Gasteiger partial charge in [0.1, 0.15) is 11.6 Å². The lowest BCUT2D eigenvalue weighted by molar-refractivity contribution is 0.0714. The summed E-state index contributed by atoms with van der Waals surface area (Å²) in [4.78, 5) is 26.7. The SMILES string of the molecule is CCC[C@H](C)c1nc(N2CCN(C(=O)c3ccco3)CC2)c2cnn(-c3ccccc3)c2n1. The minimum absolute atomic E-state index is 0.0679. The number of aromatic nitrogens is 4. The lowest BCUT2D eigenvalue weighted by Gasteiger charge is -2.35. The number of para-hydroxylation sites is 1. The first kappa shape index (κ1) is 21.2. The Hall–Kier alpha value is -3.68. The van der Waals surface area contributed by atoms with E-state index in [9.17, 15) is 4.79 Å². The molecule has 1 saturated heterocycles. The first-order valence-corrected chi connectivity index (χ1v) is 11.5. The van der Waals surface area contributed by atoms with Crippen LogP contribution in [0, 0.1) is 0 Å². The number of fused-ring (bicyclic) bond motifs is 1. The average molecular weight is 445 g/mol. The van der Waals surface area contributed by atoms with E-state index in [-0.39, 0.29) is 11.8 Å². The van der Waals surface area contributed by atoms with Gasteiger partial charge in [-0.1, -0.05) is 38.5 Å². The van der Waals surface area contributed by atoms with Crippen LogP contribution in [0.15, 0.2) is 59.3 Å². The van der Waals surface area contributed by atoms with Gasteiger partial charge in [-0.15, -0.1) is 0 Å². The van der Waals surface area contributed by atoms with Crippen molar-refractivity contribution in [3.63, 3.8) is 0 Å².